The second-order valence-electron chi connectivity index (χ2n) is 4.65. The number of nitrogens with two attached hydrogens (primary N) is 1. The first-order valence-corrected chi connectivity index (χ1v) is 7.14. The van der Waals surface area contributed by atoms with Gasteiger partial charge in [0.05, 0.1) is 12.1 Å². The van der Waals surface area contributed by atoms with Crippen LogP contribution in [0, 0.1) is 5.82 Å². The quantitative estimate of drug-likeness (QED) is 0.887. The van der Waals surface area contributed by atoms with Gasteiger partial charge in [-0.3, -0.25) is 4.79 Å². The van der Waals surface area contributed by atoms with E-state index < -0.39 is 0 Å². The summed E-state index contributed by atoms with van der Waals surface area (Å²) in [4.78, 5) is 15.9. The van der Waals surface area contributed by atoms with Crippen molar-refractivity contribution >= 4 is 22.4 Å². The number of carbonyl (C=O) groups excluding carboxylic acids is 1. The van der Waals surface area contributed by atoms with E-state index in [4.69, 9.17) is 5.73 Å². The number of rotatable bonds is 5. The third-order valence-electron chi connectivity index (χ3n) is 2.77. The Labute approximate surface area is 120 Å². The fourth-order valence-electron chi connectivity index (χ4n) is 1.92. The Morgan fingerprint density at radius 2 is 2.15 bits per heavy atom. The summed E-state index contributed by atoms with van der Waals surface area (Å²) in [7, 11) is 0. The molecule has 1 atom stereocenters. The molecule has 0 fully saturated rings. The first kappa shape index (κ1) is 14.5. The molecule has 0 aliphatic heterocycles. The zero-order chi connectivity index (χ0) is 14.5. The first-order valence-electron chi connectivity index (χ1n) is 6.26. The maximum Gasteiger partial charge on any atom is 0.226 e. The number of hydrogen-bond donors (Lipinski definition) is 2. The minimum absolute atomic E-state index is 0.0241. The number of anilines is 1. The van der Waals surface area contributed by atoms with Crippen molar-refractivity contribution in [1.82, 2.24) is 10.3 Å². The second-order valence-corrected chi connectivity index (χ2v) is 5.54. The highest BCUT2D eigenvalue weighted by molar-refractivity contribution is 7.13. The van der Waals surface area contributed by atoms with E-state index in [9.17, 15) is 9.18 Å². The average Bonchev–Trinajstić information content (AvgIpc) is 2.77. The molecule has 4 nitrogen and oxygen atoms in total. The smallest absolute Gasteiger partial charge is 0.226 e. The van der Waals surface area contributed by atoms with E-state index in [0.717, 1.165) is 5.56 Å². The fraction of sp³-hybridized carbons (Fsp3) is 0.286. The number of thiazole rings is 1. The summed E-state index contributed by atoms with van der Waals surface area (Å²) in [6.07, 6.45) is 0.882. The van der Waals surface area contributed by atoms with Gasteiger partial charge in [-0.05, 0) is 31.0 Å². The molecule has 6 heteroatoms. The van der Waals surface area contributed by atoms with Gasteiger partial charge in [0.2, 0.25) is 5.91 Å². The predicted molar refractivity (Wildman–Crippen MR) is 77.9 cm³/mol. The van der Waals surface area contributed by atoms with Crippen LogP contribution in [0.1, 0.15) is 18.2 Å². The van der Waals surface area contributed by atoms with E-state index in [0.29, 0.717) is 17.2 Å². The molecule has 0 spiro atoms. The Balaban J connectivity index is 1.83. The Morgan fingerprint density at radius 1 is 1.45 bits per heavy atom. The van der Waals surface area contributed by atoms with Crippen LogP contribution in [0.3, 0.4) is 0 Å². The lowest BCUT2D eigenvalue weighted by Gasteiger charge is -2.13. The highest BCUT2D eigenvalue weighted by Gasteiger charge is 2.10. The van der Waals surface area contributed by atoms with E-state index in [1.807, 2.05) is 6.92 Å². The van der Waals surface area contributed by atoms with Gasteiger partial charge in [-0.25, -0.2) is 9.37 Å². The van der Waals surface area contributed by atoms with Gasteiger partial charge in [-0.2, -0.15) is 0 Å². The molecule has 0 aliphatic carbocycles. The van der Waals surface area contributed by atoms with Crippen molar-refractivity contribution in [3.05, 3.63) is 46.7 Å². The van der Waals surface area contributed by atoms with Crippen LogP contribution in [0.5, 0.6) is 0 Å². The molecule has 0 radical (unpaired) electrons. The molecule has 1 unspecified atom stereocenters. The summed E-state index contributed by atoms with van der Waals surface area (Å²) in [6.45, 7) is 1.91. The summed E-state index contributed by atoms with van der Waals surface area (Å²) >= 11 is 1.32. The molecule has 1 aromatic carbocycles. The van der Waals surface area contributed by atoms with E-state index in [2.05, 4.69) is 10.3 Å². The van der Waals surface area contributed by atoms with Gasteiger partial charge in [0.1, 0.15) is 5.82 Å². The van der Waals surface area contributed by atoms with Crippen LogP contribution in [0.25, 0.3) is 0 Å². The summed E-state index contributed by atoms with van der Waals surface area (Å²) in [5.41, 5.74) is 7.18. The lowest BCUT2D eigenvalue weighted by atomic mass is 10.1. The molecule has 0 saturated carbocycles. The van der Waals surface area contributed by atoms with Crippen LogP contribution in [0.4, 0.5) is 9.52 Å². The minimum Gasteiger partial charge on any atom is -0.375 e. The van der Waals surface area contributed by atoms with Crippen LogP contribution in [-0.2, 0) is 17.6 Å². The highest BCUT2D eigenvalue weighted by atomic mass is 32.1. The van der Waals surface area contributed by atoms with E-state index in [1.54, 1.807) is 17.5 Å². The average molecular weight is 293 g/mol. The van der Waals surface area contributed by atoms with Crippen molar-refractivity contribution in [2.75, 3.05) is 5.73 Å². The topological polar surface area (TPSA) is 68.0 Å². The Morgan fingerprint density at radius 3 is 2.75 bits per heavy atom. The van der Waals surface area contributed by atoms with Gasteiger partial charge in [0.25, 0.3) is 0 Å². The van der Waals surface area contributed by atoms with E-state index >= 15 is 0 Å². The van der Waals surface area contributed by atoms with Gasteiger partial charge in [-0.15, -0.1) is 11.3 Å². The highest BCUT2D eigenvalue weighted by Crippen LogP contribution is 2.11. The monoisotopic (exact) mass is 293 g/mol. The molecule has 0 aliphatic rings. The Bertz CT molecular complexity index is 582. The normalized spacial score (nSPS) is 12.1. The SMILES string of the molecule is CC(Cc1ccc(F)cc1)NC(=O)Cc1csc(N)n1. The maximum absolute atomic E-state index is 12.8. The molecule has 0 bridgehead atoms. The number of hydrogen-bond acceptors (Lipinski definition) is 4. The molecule has 1 amide bonds. The number of nitrogen functional groups attached to an aromatic ring is 1. The van der Waals surface area contributed by atoms with Crippen LogP contribution in [0.15, 0.2) is 29.6 Å². The summed E-state index contributed by atoms with van der Waals surface area (Å²) in [5.74, 6) is -0.350. The van der Waals surface area contributed by atoms with Gasteiger partial charge in [-0.1, -0.05) is 12.1 Å². The zero-order valence-electron chi connectivity index (χ0n) is 11.1. The van der Waals surface area contributed by atoms with E-state index in [-0.39, 0.29) is 24.2 Å². The Kier molecular flexibility index (Phi) is 4.68. The molecule has 2 aromatic rings. The van der Waals surface area contributed by atoms with Gasteiger partial charge in [0, 0.05) is 11.4 Å². The zero-order valence-corrected chi connectivity index (χ0v) is 11.9. The minimum atomic E-state index is -0.258. The fourth-order valence-corrected chi connectivity index (χ4v) is 2.48. The number of carbonyl (C=O) groups is 1. The molecular weight excluding hydrogens is 277 g/mol. The number of amides is 1. The molecule has 1 heterocycles. The predicted octanol–water partition coefficient (Wildman–Crippen LogP) is 2.15. The molecular formula is C14H16FN3OS. The second kappa shape index (κ2) is 6.47. The van der Waals surface area contributed by atoms with Crippen LogP contribution < -0.4 is 11.1 Å². The number of aromatic nitrogens is 1. The van der Waals surface area contributed by atoms with Crippen molar-refractivity contribution in [2.24, 2.45) is 0 Å². The van der Waals surface area contributed by atoms with Gasteiger partial charge >= 0.3 is 0 Å². The third kappa shape index (κ3) is 4.31. The molecule has 106 valence electrons. The lowest BCUT2D eigenvalue weighted by molar-refractivity contribution is -0.121. The number of halogens is 1. The maximum atomic E-state index is 12.8. The van der Waals surface area contributed by atoms with Crippen molar-refractivity contribution < 1.29 is 9.18 Å². The molecule has 1 aromatic heterocycles. The standard InChI is InChI=1S/C14H16FN3OS/c1-9(6-10-2-4-11(15)5-3-10)17-13(19)7-12-8-20-14(16)18-12/h2-5,8-9H,6-7H2,1H3,(H2,16,18)(H,17,19). The van der Waals surface area contributed by atoms with Crippen molar-refractivity contribution in [1.29, 1.82) is 0 Å². The largest absolute Gasteiger partial charge is 0.375 e. The summed E-state index contributed by atoms with van der Waals surface area (Å²) in [6, 6.07) is 6.26. The number of nitrogens with one attached hydrogen (secondary N) is 1. The summed E-state index contributed by atoms with van der Waals surface area (Å²) < 4.78 is 12.8. The Hall–Kier alpha value is -1.95. The lowest BCUT2D eigenvalue weighted by Crippen LogP contribution is -2.35. The van der Waals surface area contributed by atoms with Crippen molar-refractivity contribution in [2.45, 2.75) is 25.8 Å². The van der Waals surface area contributed by atoms with Crippen LogP contribution in [0.2, 0.25) is 0 Å². The molecule has 0 saturated heterocycles. The van der Waals surface area contributed by atoms with Crippen LogP contribution in [-0.4, -0.2) is 16.9 Å². The summed E-state index contributed by atoms with van der Waals surface area (Å²) in [5, 5.41) is 5.13. The molecule has 3 N–H and O–H groups in total. The van der Waals surface area contributed by atoms with Gasteiger partial charge < -0.3 is 11.1 Å². The van der Waals surface area contributed by atoms with Crippen LogP contribution >= 0.6 is 11.3 Å². The van der Waals surface area contributed by atoms with E-state index in [1.165, 1.54) is 23.5 Å². The number of benzene rings is 1. The van der Waals surface area contributed by atoms with Crippen molar-refractivity contribution in [3.8, 4) is 0 Å². The van der Waals surface area contributed by atoms with Crippen molar-refractivity contribution in [3.63, 3.8) is 0 Å². The third-order valence-corrected chi connectivity index (χ3v) is 3.50. The molecule has 2 rings (SSSR count). The number of nitrogens with zero attached hydrogens (tertiary/aromatic N) is 1. The molecule has 20 heavy (non-hydrogen) atoms. The first-order chi connectivity index (χ1) is 9.52. The van der Waals surface area contributed by atoms with Gasteiger partial charge in [0.15, 0.2) is 5.13 Å².